The summed E-state index contributed by atoms with van der Waals surface area (Å²) in [4.78, 5) is 30.1. The maximum Gasteiger partial charge on any atom is 0.257 e. The lowest BCUT2D eigenvalue weighted by Gasteiger charge is -2.15. The molecule has 124 valence electrons. The smallest absolute Gasteiger partial charge is 0.257 e. The molecule has 2 amide bonds. The Kier molecular flexibility index (Phi) is 5.02. The minimum Gasteiger partial charge on any atom is -0.339 e. The summed E-state index contributed by atoms with van der Waals surface area (Å²) in [5.41, 5.74) is 1.51. The second-order valence-corrected chi connectivity index (χ2v) is 6.29. The second-order valence-electron chi connectivity index (χ2n) is 5.53. The Morgan fingerprint density at radius 3 is 2.33 bits per heavy atom. The number of amides is 2. The van der Waals surface area contributed by atoms with Gasteiger partial charge in [0.15, 0.2) is 0 Å². The third-order valence-electron chi connectivity index (χ3n) is 3.84. The molecule has 5 nitrogen and oxygen atoms in total. The van der Waals surface area contributed by atoms with Gasteiger partial charge in [-0.15, -0.1) is 0 Å². The van der Waals surface area contributed by atoms with Crippen LogP contribution in [0.3, 0.4) is 0 Å². The van der Waals surface area contributed by atoms with E-state index in [2.05, 4.69) is 10.3 Å². The zero-order valence-corrected chi connectivity index (χ0v) is 14.3. The third-order valence-corrected chi connectivity index (χ3v) is 4.53. The van der Waals surface area contributed by atoms with Gasteiger partial charge < -0.3 is 10.2 Å². The van der Waals surface area contributed by atoms with Crippen molar-refractivity contribution in [2.45, 2.75) is 12.8 Å². The molecule has 2 aromatic rings. The van der Waals surface area contributed by atoms with Crippen molar-refractivity contribution in [3.63, 3.8) is 0 Å². The average Bonchev–Trinajstić information content (AvgIpc) is 3.12. The monoisotopic (exact) mass is 363 g/mol. The number of likely N-dealkylation sites (tertiary alicyclic amines) is 1. The first-order valence-electron chi connectivity index (χ1n) is 7.56. The van der Waals surface area contributed by atoms with Crippen LogP contribution in [0.15, 0.2) is 36.5 Å². The van der Waals surface area contributed by atoms with Crippen LogP contribution < -0.4 is 5.32 Å². The number of benzene rings is 1. The Balaban J connectivity index is 1.68. The highest BCUT2D eigenvalue weighted by atomic mass is 35.5. The Labute approximate surface area is 149 Å². The molecule has 1 aliphatic rings. The van der Waals surface area contributed by atoms with E-state index in [0.29, 0.717) is 16.8 Å². The van der Waals surface area contributed by atoms with Crippen LogP contribution in [0.5, 0.6) is 0 Å². The second kappa shape index (κ2) is 7.20. The molecule has 0 atom stereocenters. The molecule has 7 heteroatoms. The van der Waals surface area contributed by atoms with E-state index in [1.54, 1.807) is 24.3 Å². The normalized spacial score (nSPS) is 13.8. The Hall–Kier alpha value is -2.11. The molecule has 3 rings (SSSR count). The number of nitrogens with zero attached hydrogens (tertiary/aromatic N) is 2. The molecule has 1 aromatic carbocycles. The van der Waals surface area contributed by atoms with Crippen molar-refractivity contribution in [3.8, 4) is 0 Å². The zero-order chi connectivity index (χ0) is 17.1. The van der Waals surface area contributed by atoms with Crippen LogP contribution in [-0.4, -0.2) is 34.8 Å². The Morgan fingerprint density at radius 1 is 1.04 bits per heavy atom. The molecule has 24 heavy (non-hydrogen) atoms. The van der Waals surface area contributed by atoms with E-state index in [1.165, 1.54) is 12.3 Å². The van der Waals surface area contributed by atoms with Gasteiger partial charge in [0.25, 0.3) is 11.8 Å². The van der Waals surface area contributed by atoms with Crippen molar-refractivity contribution in [2.24, 2.45) is 0 Å². The van der Waals surface area contributed by atoms with Gasteiger partial charge in [0, 0.05) is 30.5 Å². The Bertz CT molecular complexity index is 772. The highest BCUT2D eigenvalue weighted by Crippen LogP contribution is 2.21. The van der Waals surface area contributed by atoms with Gasteiger partial charge in [-0.3, -0.25) is 9.59 Å². The first-order valence-corrected chi connectivity index (χ1v) is 8.32. The fourth-order valence-corrected chi connectivity index (χ4v) is 2.82. The van der Waals surface area contributed by atoms with Gasteiger partial charge >= 0.3 is 0 Å². The molecule has 1 fully saturated rings. The molecule has 1 saturated heterocycles. The van der Waals surface area contributed by atoms with Crippen molar-refractivity contribution < 1.29 is 9.59 Å². The van der Waals surface area contributed by atoms with Crippen LogP contribution in [0.4, 0.5) is 5.69 Å². The number of pyridine rings is 1. The molecular formula is C17H15Cl2N3O2. The van der Waals surface area contributed by atoms with Gasteiger partial charge in [0.2, 0.25) is 0 Å². The van der Waals surface area contributed by atoms with Gasteiger partial charge in [0.1, 0.15) is 5.15 Å². The highest BCUT2D eigenvalue weighted by Gasteiger charge is 2.19. The van der Waals surface area contributed by atoms with Crippen molar-refractivity contribution >= 4 is 40.7 Å². The number of aromatic nitrogens is 1. The standard InChI is InChI=1S/C17H15Cl2N3O2/c18-14-9-12(10-20-15(14)19)16(23)21-13-5-3-11(4-6-13)17(24)22-7-1-2-8-22/h3-6,9-10H,1-2,7-8H2,(H,21,23). The summed E-state index contributed by atoms with van der Waals surface area (Å²) in [6.07, 6.45) is 3.46. The average molecular weight is 364 g/mol. The summed E-state index contributed by atoms with van der Waals surface area (Å²) < 4.78 is 0. The molecule has 0 unspecified atom stereocenters. The topological polar surface area (TPSA) is 62.3 Å². The van der Waals surface area contributed by atoms with E-state index in [-0.39, 0.29) is 22.0 Å². The lowest BCUT2D eigenvalue weighted by Crippen LogP contribution is -2.27. The van der Waals surface area contributed by atoms with Crippen LogP contribution in [0, 0.1) is 0 Å². The SMILES string of the molecule is O=C(Nc1ccc(C(=O)N2CCCC2)cc1)c1cnc(Cl)c(Cl)c1. The predicted molar refractivity (Wildman–Crippen MR) is 93.8 cm³/mol. The number of hydrogen-bond donors (Lipinski definition) is 1. The predicted octanol–water partition coefficient (Wildman–Crippen LogP) is 3.88. The maximum absolute atomic E-state index is 12.3. The van der Waals surface area contributed by atoms with Crippen LogP contribution in [-0.2, 0) is 0 Å². The largest absolute Gasteiger partial charge is 0.339 e. The number of rotatable bonds is 3. The van der Waals surface area contributed by atoms with Crippen molar-refractivity contribution in [1.29, 1.82) is 0 Å². The van der Waals surface area contributed by atoms with Crippen molar-refractivity contribution in [3.05, 3.63) is 57.8 Å². The van der Waals surface area contributed by atoms with Crippen LogP contribution in [0.1, 0.15) is 33.6 Å². The summed E-state index contributed by atoms with van der Waals surface area (Å²) in [6.45, 7) is 1.61. The third kappa shape index (κ3) is 3.68. The molecule has 1 N–H and O–H groups in total. The number of halogens is 2. The van der Waals surface area contributed by atoms with E-state index in [9.17, 15) is 9.59 Å². The van der Waals surface area contributed by atoms with Gasteiger partial charge in [-0.25, -0.2) is 4.98 Å². The minimum absolute atomic E-state index is 0.0269. The zero-order valence-electron chi connectivity index (χ0n) is 12.8. The molecule has 0 radical (unpaired) electrons. The number of nitrogens with one attached hydrogen (secondary N) is 1. The first kappa shape index (κ1) is 16.7. The van der Waals surface area contributed by atoms with Gasteiger partial charge in [-0.1, -0.05) is 23.2 Å². The van der Waals surface area contributed by atoms with Gasteiger partial charge in [-0.2, -0.15) is 0 Å². The summed E-state index contributed by atoms with van der Waals surface area (Å²) in [5, 5.41) is 3.10. The quantitative estimate of drug-likeness (QED) is 0.841. The lowest BCUT2D eigenvalue weighted by atomic mass is 10.1. The van der Waals surface area contributed by atoms with Crippen molar-refractivity contribution in [2.75, 3.05) is 18.4 Å². The molecule has 0 bridgehead atoms. The number of hydrogen-bond acceptors (Lipinski definition) is 3. The molecular weight excluding hydrogens is 349 g/mol. The minimum atomic E-state index is -0.348. The summed E-state index contributed by atoms with van der Waals surface area (Å²) in [5.74, 6) is -0.321. The van der Waals surface area contributed by atoms with E-state index in [0.717, 1.165) is 25.9 Å². The van der Waals surface area contributed by atoms with Crippen LogP contribution in [0.2, 0.25) is 10.2 Å². The Morgan fingerprint density at radius 2 is 1.71 bits per heavy atom. The highest BCUT2D eigenvalue weighted by molar-refractivity contribution is 6.41. The molecule has 0 spiro atoms. The molecule has 0 saturated carbocycles. The summed E-state index contributed by atoms with van der Waals surface area (Å²) >= 11 is 11.6. The summed E-state index contributed by atoms with van der Waals surface area (Å²) in [7, 11) is 0. The van der Waals surface area contributed by atoms with E-state index in [1.807, 2.05) is 4.90 Å². The van der Waals surface area contributed by atoms with Gasteiger partial charge in [0.05, 0.1) is 10.6 Å². The number of carbonyl (C=O) groups is 2. The summed E-state index contributed by atoms with van der Waals surface area (Å²) in [6, 6.07) is 8.28. The van der Waals surface area contributed by atoms with E-state index >= 15 is 0 Å². The molecule has 1 aliphatic heterocycles. The molecule has 1 aromatic heterocycles. The molecule has 0 aliphatic carbocycles. The lowest BCUT2D eigenvalue weighted by molar-refractivity contribution is 0.0792. The number of carbonyl (C=O) groups excluding carboxylic acids is 2. The maximum atomic E-state index is 12.3. The number of anilines is 1. The molecule has 2 heterocycles. The van der Waals surface area contributed by atoms with Crippen LogP contribution in [0.25, 0.3) is 0 Å². The fraction of sp³-hybridized carbons (Fsp3) is 0.235. The van der Waals surface area contributed by atoms with Gasteiger partial charge in [-0.05, 0) is 43.2 Å². The first-order chi connectivity index (χ1) is 11.5. The van der Waals surface area contributed by atoms with Crippen molar-refractivity contribution in [1.82, 2.24) is 9.88 Å². The van der Waals surface area contributed by atoms with Crippen LogP contribution >= 0.6 is 23.2 Å². The van der Waals surface area contributed by atoms with E-state index < -0.39 is 0 Å². The fourth-order valence-electron chi connectivity index (χ4n) is 2.55. The van der Waals surface area contributed by atoms with E-state index in [4.69, 9.17) is 23.2 Å².